The van der Waals surface area contributed by atoms with Crippen LogP contribution in [0.5, 0.6) is 0 Å². The van der Waals surface area contributed by atoms with E-state index in [0.29, 0.717) is 17.9 Å². The third-order valence-electron chi connectivity index (χ3n) is 5.62. The molecular formula is C27H28FN5O2. The normalized spacial score (nSPS) is 12.7. The standard InChI is InChI=1S/C27H28FN5O2/c1-18-15-30-26(31-23-10-8-22(28)9-11-23)14-25(18)33-13-12-21(17-33)27(35)32-24(16-29-19(2)34)20-6-4-3-5-7-20/h3-15,17,24,27,32,35H,16H2,1-2H3,(H,29,34)(H,30,31). The Hall–Kier alpha value is -4.01. The highest BCUT2D eigenvalue weighted by Gasteiger charge is 2.18. The number of carbonyl (C=O) groups excluding carboxylic acids is 1. The van der Waals surface area contributed by atoms with Crippen LogP contribution in [0.25, 0.3) is 5.69 Å². The summed E-state index contributed by atoms with van der Waals surface area (Å²) in [7, 11) is 0. The lowest BCUT2D eigenvalue weighted by atomic mass is 10.1. The SMILES string of the molecule is CC(=O)NCC(NC(O)c1ccn(-c2cc(Nc3ccc(F)cc3)ncc2C)c1)c1ccccc1. The van der Waals surface area contributed by atoms with E-state index in [1.807, 2.05) is 66.3 Å². The van der Waals surface area contributed by atoms with Crippen molar-refractivity contribution in [1.82, 2.24) is 20.2 Å². The van der Waals surface area contributed by atoms with Crippen LogP contribution >= 0.6 is 0 Å². The van der Waals surface area contributed by atoms with Crippen LogP contribution in [0.1, 0.15) is 35.9 Å². The van der Waals surface area contributed by atoms with Crippen LogP contribution in [-0.4, -0.2) is 27.1 Å². The maximum absolute atomic E-state index is 13.2. The number of aryl methyl sites for hydroxylation is 1. The summed E-state index contributed by atoms with van der Waals surface area (Å²) >= 11 is 0. The summed E-state index contributed by atoms with van der Waals surface area (Å²) in [6, 6.07) is 19.2. The summed E-state index contributed by atoms with van der Waals surface area (Å²) in [5, 5.41) is 20.1. The number of halogens is 1. The van der Waals surface area contributed by atoms with E-state index >= 15 is 0 Å². The molecule has 0 bridgehead atoms. The van der Waals surface area contributed by atoms with Crippen LogP contribution in [0.2, 0.25) is 0 Å². The largest absolute Gasteiger partial charge is 0.374 e. The van der Waals surface area contributed by atoms with Crippen LogP contribution in [0.3, 0.4) is 0 Å². The second-order valence-corrected chi connectivity index (χ2v) is 8.31. The summed E-state index contributed by atoms with van der Waals surface area (Å²) < 4.78 is 15.1. The van der Waals surface area contributed by atoms with Gasteiger partial charge in [0.15, 0.2) is 0 Å². The summed E-state index contributed by atoms with van der Waals surface area (Å²) in [6.45, 7) is 3.77. The number of nitrogens with one attached hydrogen (secondary N) is 3. The molecule has 8 heteroatoms. The van der Waals surface area contributed by atoms with Crippen molar-refractivity contribution in [1.29, 1.82) is 0 Å². The van der Waals surface area contributed by atoms with Crippen LogP contribution in [-0.2, 0) is 4.79 Å². The number of hydrogen-bond donors (Lipinski definition) is 4. The van der Waals surface area contributed by atoms with Crippen molar-refractivity contribution >= 4 is 17.4 Å². The Kier molecular flexibility index (Phi) is 7.54. The fraction of sp³-hybridized carbons (Fsp3) is 0.185. The fourth-order valence-electron chi connectivity index (χ4n) is 3.76. The Morgan fingerprint density at radius 3 is 2.54 bits per heavy atom. The van der Waals surface area contributed by atoms with Gasteiger partial charge in [-0.15, -0.1) is 0 Å². The number of pyridine rings is 1. The molecule has 0 saturated carbocycles. The fourth-order valence-corrected chi connectivity index (χ4v) is 3.76. The minimum absolute atomic E-state index is 0.133. The molecule has 2 unspecified atom stereocenters. The van der Waals surface area contributed by atoms with Crippen molar-refractivity contribution in [2.75, 3.05) is 11.9 Å². The highest BCUT2D eigenvalue weighted by molar-refractivity contribution is 5.72. The number of aliphatic hydroxyl groups is 1. The van der Waals surface area contributed by atoms with Gasteiger partial charge in [0.05, 0.1) is 11.7 Å². The summed E-state index contributed by atoms with van der Waals surface area (Å²) in [5.41, 5.74) is 4.21. The maximum Gasteiger partial charge on any atom is 0.216 e. The molecule has 4 aromatic rings. The zero-order valence-electron chi connectivity index (χ0n) is 19.6. The zero-order valence-corrected chi connectivity index (χ0v) is 19.6. The first-order valence-corrected chi connectivity index (χ1v) is 11.3. The first-order valence-electron chi connectivity index (χ1n) is 11.3. The van der Waals surface area contributed by atoms with Gasteiger partial charge < -0.3 is 20.3 Å². The predicted octanol–water partition coefficient (Wildman–Crippen LogP) is 4.52. The van der Waals surface area contributed by atoms with Gasteiger partial charge in [-0.1, -0.05) is 30.3 Å². The van der Waals surface area contributed by atoms with Crippen molar-refractivity contribution in [3.63, 3.8) is 0 Å². The Balaban J connectivity index is 1.51. The third kappa shape index (κ3) is 6.32. The van der Waals surface area contributed by atoms with Gasteiger partial charge in [0.2, 0.25) is 5.91 Å². The average Bonchev–Trinajstić information content (AvgIpc) is 3.35. The van der Waals surface area contributed by atoms with Gasteiger partial charge in [0.25, 0.3) is 0 Å². The number of aliphatic hydroxyl groups excluding tert-OH is 1. The molecule has 4 N–H and O–H groups in total. The Morgan fingerprint density at radius 1 is 1.09 bits per heavy atom. The van der Waals surface area contributed by atoms with Gasteiger partial charge in [-0.3, -0.25) is 10.1 Å². The molecule has 180 valence electrons. The lowest BCUT2D eigenvalue weighted by Crippen LogP contribution is -2.35. The Morgan fingerprint density at radius 2 is 1.83 bits per heavy atom. The molecule has 7 nitrogen and oxygen atoms in total. The average molecular weight is 474 g/mol. The predicted molar refractivity (Wildman–Crippen MR) is 134 cm³/mol. The highest BCUT2D eigenvalue weighted by atomic mass is 19.1. The molecule has 4 rings (SSSR count). The lowest BCUT2D eigenvalue weighted by Gasteiger charge is -2.23. The van der Waals surface area contributed by atoms with E-state index in [9.17, 15) is 14.3 Å². The minimum atomic E-state index is -0.950. The van der Waals surface area contributed by atoms with Gasteiger partial charge >= 0.3 is 0 Å². The molecular weight excluding hydrogens is 445 g/mol. The molecule has 2 aromatic carbocycles. The number of benzene rings is 2. The van der Waals surface area contributed by atoms with E-state index in [0.717, 1.165) is 22.5 Å². The second-order valence-electron chi connectivity index (χ2n) is 8.31. The highest BCUT2D eigenvalue weighted by Crippen LogP contribution is 2.24. The molecule has 1 amide bonds. The number of hydrogen-bond acceptors (Lipinski definition) is 5. The van der Waals surface area contributed by atoms with Crippen molar-refractivity contribution in [2.24, 2.45) is 0 Å². The second kappa shape index (κ2) is 10.9. The van der Waals surface area contributed by atoms with Crippen molar-refractivity contribution in [3.8, 4) is 5.69 Å². The molecule has 0 spiro atoms. The van der Waals surface area contributed by atoms with Gasteiger partial charge in [-0.2, -0.15) is 0 Å². The summed E-state index contributed by atoms with van der Waals surface area (Å²) in [6.07, 6.45) is 4.53. The number of anilines is 2. The Bertz CT molecular complexity index is 1270. The maximum atomic E-state index is 13.2. The number of carbonyl (C=O) groups is 1. The van der Waals surface area contributed by atoms with E-state index in [1.54, 1.807) is 18.3 Å². The van der Waals surface area contributed by atoms with E-state index < -0.39 is 6.23 Å². The lowest BCUT2D eigenvalue weighted by molar-refractivity contribution is -0.119. The molecule has 0 radical (unpaired) electrons. The monoisotopic (exact) mass is 473 g/mol. The third-order valence-corrected chi connectivity index (χ3v) is 5.62. The van der Waals surface area contributed by atoms with E-state index in [1.165, 1.54) is 19.1 Å². The number of rotatable bonds is 9. The molecule has 0 aliphatic rings. The smallest absolute Gasteiger partial charge is 0.216 e. The molecule has 2 atom stereocenters. The molecule has 0 fully saturated rings. The quantitative estimate of drug-likeness (QED) is 0.268. The van der Waals surface area contributed by atoms with Gasteiger partial charge in [0.1, 0.15) is 17.9 Å². The van der Waals surface area contributed by atoms with Crippen molar-refractivity contribution in [3.05, 3.63) is 108 Å². The van der Waals surface area contributed by atoms with E-state index in [4.69, 9.17) is 0 Å². The van der Waals surface area contributed by atoms with Gasteiger partial charge in [-0.25, -0.2) is 9.37 Å². The van der Waals surface area contributed by atoms with E-state index in [2.05, 4.69) is 20.9 Å². The van der Waals surface area contributed by atoms with Crippen LogP contribution in [0.4, 0.5) is 15.9 Å². The summed E-state index contributed by atoms with van der Waals surface area (Å²) in [5.74, 6) is 0.184. The van der Waals surface area contributed by atoms with E-state index in [-0.39, 0.29) is 17.8 Å². The molecule has 0 aliphatic heterocycles. The zero-order chi connectivity index (χ0) is 24.8. The first-order chi connectivity index (χ1) is 16.9. The van der Waals surface area contributed by atoms with Crippen LogP contribution in [0, 0.1) is 12.7 Å². The number of aromatic nitrogens is 2. The molecule has 35 heavy (non-hydrogen) atoms. The summed E-state index contributed by atoms with van der Waals surface area (Å²) in [4.78, 5) is 15.9. The van der Waals surface area contributed by atoms with Crippen molar-refractivity contribution in [2.45, 2.75) is 26.1 Å². The number of nitrogens with zero attached hydrogens (tertiary/aromatic N) is 2. The molecule has 2 heterocycles. The topological polar surface area (TPSA) is 91.2 Å². The minimum Gasteiger partial charge on any atom is -0.374 e. The number of amides is 1. The van der Waals surface area contributed by atoms with Gasteiger partial charge in [0, 0.05) is 49.4 Å². The van der Waals surface area contributed by atoms with Gasteiger partial charge in [-0.05, 0) is 48.4 Å². The molecule has 0 saturated heterocycles. The Labute approximate surface area is 203 Å². The van der Waals surface area contributed by atoms with Crippen LogP contribution < -0.4 is 16.0 Å². The molecule has 2 aromatic heterocycles. The van der Waals surface area contributed by atoms with Crippen LogP contribution in [0.15, 0.2) is 85.3 Å². The van der Waals surface area contributed by atoms with Crippen molar-refractivity contribution < 1.29 is 14.3 Å². The molecule has 0 aliphatic carbocycles. The first kappa shape index (κ1) is 24.1.